The van der Waals surface area contributed by atoms with Gasteiger partial charge in [0.25, 0.3) is 0 Å². The first-order valence-electron chi connectivity index (χ1n) is 11.1. The molecule has 162 valence electrons. The second kappa shape index (κ2) is 18.7. The van der Waals surface area contributed by atoms with E-state index in [0.29, 0.717) is 25.5 Å². The standard InChI is InChI=1S/C22H46N2O3/c1-6-9-10-11-12-15-22(25)24(18-21(19-26-4)20-27-5)17-14-13-16-23(7-2)8-3/h21H,6-20H2,1-5H3. The lowest BCUT2D eigenvalue weighted by molar-refractivity contribution is -0.132. The molecule has 1 amide bonds. The third-order valence-electron chi connectivity index (χ3n) is 5.18. The van der Waals surface area contributed by atoms with Gasteiger partial charge in [-0.05, 0) is 38.9 Å². The Morgan fingerprint density at radius 2 is 1.41 bits per heavy atom. The smallest absolute Gasteiger partial charge is 0.222 e. The highest BCUT2D eigenvalue weighted by atomic mass is 16.5. The number of ether oxygens (including phenoxy) is 2. The molecule has 0 fully saturated rings. The monoisotopic (exact) mass is 386 g/mol. The highest BCUT2D eigenvalue weighted by Crippen LogP contribution is 2.11. The van der Waals surface area contributed by atoms with Gasteiger partial charge in [-0.15, -0.1) is 0 Å². The Morgan fingerprint density at radius 3 is 1.96 bits per heavy atom. The number of amides is 1. The normalized spacial score (nSPS) is 11.5. The van der Waals surface area contributed by atoms with E-state index in [1.165, 1.54) is 19.3 Å². The highest BCUT2D eigenvalue weighted by molar-refractivity contribution is 5.76. The van der Waals surface area contributed by atoms with Crippen LogP contribution in [0.5, 0.6) is 0 Å². The Bertz CT molecular complexity index is 330. The molecule has 0 N–H and O–H groups in total. The molecule has 0 saturated carbocycles. The van der Waals surface area contributed by atoms with Gasteiger partial charge >= 0.3 is 0 Å². The number of carbonyl (C=O) groups excluding carboxylic acids is 1. The number of hydrogen-bond acceptors (Lipinski definition) is 4. The first-order valence-corrected chi connectivity index (χ1v) is 11.1. The lowest BCUT2D eigenvalue weighted by atomic mass is 10.1. The van der Waals surface area contributed by atoms with Gasteiger partial charge in [0.1, 0.15) is 0 Å². The van der Waals surface area contributed by atoms with E-state index in [-0.39, 0.29) is 5.92 Å². The molecule has 0 atom stereocenters. The van der Waals surface area contributed by atoms with Gasteiger partial charge in [-0.3, -0.25) is 4.79 Å². The van der Waals surface area contributed by atoms with Crippen LogP contribution < -0.4 is 0 Å². The number of rotatable bonds is 19. The Morgan fingerprint density at radius 1 is 0.815 bits per heavy atom. The summed E-state index contributed by atoms with van der Waals surface area (Å²) < 4.78 is 10.6. The molecule has 0 aromatic rings. The molecule has 0 aromatic carbocycles. The summed E-state index contributed by atoms with van der Waals surface area (Å²) in [4.78, 5) is 17.3. The van der Waals surface area contributed by atoms with E-state index in [1.54, 1.807) is 14.2 Å². The van der Waals surface area contributed by atoms with Gasteiger partial charge in [0.2, 0.25) is 5.91 Å². The highest BCUT2D eigenvalue weighted by Gasteiger charge is 2.19. The zero-order chi connectivity index (χ0) is 20.3. The Hall–Kier alpha value is -0.650. The van der Waals surface area contributed by atoms with Gasteiger partial charge < -0.3 is 19.3 Å². The summed E-state index contributed by atoms with van der Waals surface area (Å²) >= 11 is 0. The topological polar surface area (TPSA) is 42.0 Å². The molecule has 5 heteroatoms. The largest absolute Gasteiger partial charge is 0.384 e. The summed E-state index contributed by atoms with van der Waals surface area (Å²) in [6.45, 7) is 12.8. The van der Waals surface area contributed by atoms with Crippen molar-refractivity contribution in [2.24, 2.45) is 5.92 Å². The van der Waals surface area contributed by atoms with E-state index in [9.17, 15) is 4.79 Å². The Balaban J connectivity index is 4.51. The van der Waals surface area contributed by atoms with Crippen LogP contribution in [0.3, 0.4) is 0 Å². The van der Waals surface area contributed by atoms with Gasteiger partial charge in [0.05, 0.1) is 13.2 Å². The fourth-order valence-electron chi connectivity index (χ4n) is 3.47. The molecule has 0 aliphatic rings. The second-order valence-electron chi connectivity index (χ2n) is 7.51. The lowest BCUT2D eigenvalue weighted by Crippen LogP contribution is -2.39. The van der Waals surface area contributed by atoms with E-state index < -0.39 is 0 Å². The molecule has 0 bridgehead atoms. The molecule has 0 aliphatic heterocycles. The van der Waals surface area contributed by atoms with E-state index in [4.69, 9.17) is 9.47 Å². The van der Waals surface area contributed by atoms with Gasteiger partial charge in [-0.1, -0.05) is 46.5 Å². The van der Waals surface area contributed by atoms with Crippen molar-refractivity contribution in [1.82, 2.24) is 9.80 Å². The maximum absolute atomic E-state index is 12.8. The third-order valence-corrected chi connectivity index (χ3v) is 5.18. The second-order valence-corrected chi connectivity index (χ2v) is 7.51. The SMILES string of the molecule is CCCCCCCC(=O)N(CCCCN(CC)CC)CC(COC)COC. The van der Waals surface area contributed by atoms with Crippen LogP contribution in [0.1, 0.15) is 72.1 Å². The number of unbranched alkanes of at least 4 members (excludes halogenated alkanes) is 5. The third kappa shape index (κ3) is 14.1. The zero-order valence-electron chi connectivity index (χ0n) is 18.8. The number of hydrogen-bond donors (Lipinski definition) is 0. The van der Waals surface area contributed by atoms with Crippen molar-refractivity contribution >= 4 is 5.91 Å². The van der Waals surface area contributed by atoms with Crippen molar-refractivity contribution in [2.75, 3.05) is 60.2 Å². The van der Waals surface area contributed by atoms with Gasteiger partial charge in [0, 0.05) is 39.6 Å². The van der Waals surface area contributed by atoms with E-state index in [0.717, 1.165) is 58.4 Å². The minimum absolute atomic E-state index is 0.242. The van der Waals surface area contributed by atoms with Crippen LogP contribution in [0, 0.1) is 5.92 Å². The molecule has 0 spiro atoms. The van der Waals surface area contributed by atoms with Crippen molar-refractivity contribution in [1.29, 1.82) is 0 Å². The number of carbonyl (C=O) groups is 1. The van der Waals surface area contributed by atoms with Crippen molar-refractivity contribution < 1.29 is 14.3 Å². The molecule has 0 rings (SSSR count). The van der Waals surface area contributed by atoms with E-state index in [1.807, 2.05) is 0 Å². The van der Waals surface area contributed by atoms with E-state index in [2.05, 4.69) is 30.6 Å². The molecule has 0 unspecified atom stereocenters. The molecule has 0 radical (unpaired) electrons. The summed E-state index contributed by atoms with van der Waals surface area (Å²) in [6.07, 6.45) is 8.79. The molecule has 0 heterocycles. The summed E-state index contributed by atoms with van der Waals surface area (Å²) in [5.74, 6) is 0.540. The Labute approximate surface area is 168 Å². The lowest BCUT2D eigenvalue weighted by Gasteiger charge is -2.28. The first-order chi connectivity index (χ1) is 13.1. The summed E-state index contributed by atoms with van der Waals surface area (Å²) in [5, 5.41) is 0. The molecule has 0 aromatic heterocycles. The summed E-state index contributed by atoms with van der Waals surface area (Å²) in [7, 11) is 3.43. The van der Waals surface area contributed by atoms with Crippen molar-refractivity contribution in [2.45, 2.75) is 72.1 Å². The van der Waals surface area contributed by atoms with Gasteiger partial charge in [-0.2, -0.15) is 0 Å². The van der Waals surface area contributed by atoms with Crippen LogP contribution in [0.2, 0.25) is 0 Å². The van der Waals surface area contributed by atoms with Crippen molar-refractivity contribution in [3.8, 4) is 0 Å². The molecular weight excluding hydrogens is 340 g/mol. The predicted octanol–water partition coefficient (Wildman–Crippen LogP) is 4.21. The quantitative estimate of drug-likeness (QED) is 0.312. The van der Waals surface area contributed by atoms with Crippen LogP contribution in [0.15, 0.2) is 0 Å². The number of methoxy groups -OCH3 is 2. The van der Waals surface area contributed by atoms with Gasteiger partial charge in [-0.25, -0.2) is 0 Å². The molecule has 27 heavy (non-hydrogen) atoms. The van der Waals surface area contributed by atoms with Crippen LogP contribution in [-0.2, 0) is 14.3 Å². The van der Waals surface area contributed by atoms with Crippen LogP contribution in [0.4, 0.5) is 0 Å². The molecule has 0 saturated heterocycles. The summed E-state index contributed by atoms with van der Waals surface area (Å²) in [5.41, 5.74) is 0. The van der Waals surface area contributed by atoms with Crippen molar-refractivity contribution in [3.05, 3.63) is 0 Å². The fourth-order valence-corrected chi connectivity index (χ4v) is 3.47. The maximum atomic E-state index is 12.8. The first kappa shape index (κ1) is 26.4. The van der Waals surface area contributed by atoms with Crippen molar-refractivity contribution in [3.63, 3.8) is 0 Å². The average Bonchev–Trinajstić information content (AvgIpc) is 2.67. The summed E-state index contributed by atoms with van der Waals surface area (Å²) in [6, 6.07) is 0. The van der Waals surface area contributed by atoms with Crippen LogP contribution in [0.25, 0.3) is 0 Å². The molecule has 5 nitrogen and oxygen atoms in total. The fraction of sp³-hybridized carbons (Fsp3) is 0.955. The minimum Gasteiger partial charge on any atom is -0.384 e. The Kier molecular flexibility index (Phi) is 18.3. The van der Waals surface area contributed by atoms with Crippen LogP contribution in [-0.4, -0.2) is 75.9 Å². The zero-order valence-corrected chi connectivity index (χ0v) is 18.8. The average molecular weight is 387 g/mol. The van der Waals surface area contributed by atoms with Crippen LogP contribution >= 0.6 is 0 Å². The van der Waals surface area contributed by atoms with Gasteiger partial charge in [0.15, 0.2) is 0 Å². The molecule has 0 aliphatic carbocycles. The minimum atomic E-state index is 0.242. The number of nitrogens with zero attached hydrogens (tertiary/aromatic N) is 2. The maximum Gasteiger partial charge on any atom is 0.222 e. The van der Waals surface area contributed by atoms with E-state index >= 15 is 0 Å². The molecular formula is C22H46N2O3. The predicted molar refractivity (Wildman–Crippen MR) is 114 cm³/mol.